The molecule has 2 aromatic rings. The number of carbonyl (C=O) groups excluding carboxylic acids is 1. The van der Waals surface area contributed by atoms with Crippen molar-refractivity contribution in [3.63, 3.8) is 0 Å². The molecule has 126 valence electrons. The molecule has 1 heterocycles. The Morgan fingerprint density at radius 1 is 1.29 bits per heavy atom. The molecule has 0 unspecified atom stereocenters. The number of anilines is 1. The smallest absolute Gasteiger partial charge is 0.276 e. The number of nitrogens with one attached hydrogen (secondary N) is 1. The highest BCUT2D eigenvalue weighted by molar-refractivity contribution is 6.03. The molecule has 0 aliphatic rings. The van der Waals surface area contributed by atoms with Crippen molar-refractivity contribution in [1.82, 2.24) is 9.97 Å². The van der Waals surface area contributed by atoms with Crippen LogP contribution in [0.4, 0.5) is 10.1 Å². The number of hydrogen-bond acceptors (Lipinski definition) is 4. The highest BCUT2D eigenvalue weighted by Crippen LogP contribution is 2.13. The van der Waals surface area contributed by atoms with Crippen LogP contribution in [0.25, 0.3) is 0 Å². The highest BCUT2D eigenvalue weighted by Gasteiger charge is 2.13. The number of halogens is 1. The fraction of sp³-hybridized carbons (Fsp3) is 0.278. The zero-order valence-electron chi connectivity index (χ0n) is 14.2. The minimum Gasteiger partial charge on any atom is -0.463 e. The first kappa shape index (κ1) is 19.1. The lowest BCUT2D eigenvalue weighted by Crippen LogP contribution is -2.16. The van der Waals surface area contributed by atoms with Gasteiger partial charge in [0.1, 0.15) is 11.5 Å². The molecule has 24 heavy (non-hydrogen) atoms. The summed E-state index contributed by atoms with van der Waals surface area (Å²) >= 11 is 0. The van der Waals surface area contributed by atoms with E-state index in [-0.39, 0.29) is 18.1 Å². The van der Waals surface area contributed by atoms with Gasteiger partial charge in [-0.3, -0.25) is 4.79 Å². The number of ether oxygens (including phenoxy) is 1. The van der Waals surface area contributed by atoms with Crippen LogP contribution < -0.4 is 10.1 Å². The van der Waals surface area contributed by atoms with E-state index < -0.39 is 5.91 Å². The predicted molar refractivity (Wildman–Crippen MR) is 91.4 cm³/mol. The normalized spacial score (nSPS) is 9.04. The van der Waals surface area contributed by atoms with Crippen molar-refractivity contribution in [3.05, 3.63) is 47.7 Å². The lowest BCUT2D eigenvalue weighted by atomic mass is 10.2. The molecular weight excluding hydrogens is 309 g/mol. The topological polar surface area (TPSA) is 64.1 Å². The Hall–Kier alpha value is -2.94. The van der Waals surface area contributed by atoms with Crippen molar-refractivity contribution in [1.29, 1.82) is 0 Å². The molecule has 1 amide bonds. The van der Waals surface area contributed by atoms with E-state index in [4.69, 9.17) is 4.74 Å². The second kappa shape index (κ2) is 9.95. The number of amides is 1. The Labute approximate surface area is 141 Å². The third-order valence-electron chi connectivity index (χ3n) is 2.71. The zero-order chi connectivity index (χ0) is 17.9. The van der Waals surface area contributed by atoms with Crippen LogP contribution in [0, 0.1) is 24.6 Å². The van der Waals surface area contributed by atoms with Crippen molar-refractivity contribution >= 4 is 11.6 Å². The summed E-state index contributed by atoms with van der Waals surface area (Å²) in [6.07, 6.45) is 1.36. The number of aryl methyl sites for hydroxylation is 1. The second-order valence-electron chi connectivity index (χ2n) is 4.32. The third kappa shape index (κ3) is 5.69. The fourth-order valence-corrected chi connectivity index (χ4v) is 1.66. The molecule has 1 aromatic heterocycles. The Morgan fingerprint density at radius 3 is 2.54 bits per heavy atom. The molecule has 1 aromatic carbocycles. The standard InChI is InChI=1S/C16H14FN3O2.C2H6/c1-3-4-9-22-14-10-18-15(11(2)19-14)16(21)20-13-7-5-12(17)6-8-13;1-2/h5-8,10H,9H2,1-2H3,(H,20,21);1-2H3. The predicted octanol–water partition coefficient (Wildman–Crippen LogP) is 3.60. The van der Waals surface area contributed by atoms with Gasteiger partial charge < -0.3 is 10.1 Å². The first-order valence-electron chi connectivity index (χ1n) is 7.53. The van der Waals surface area contributed by atoms with E-state index in [1.807, 2.05) is 13.8 Å². The van der Waals surface area contributed by atoms with E-state index in [1.54, 1.807) is 13.8 Å². The average molecular weight is 329 g/mol. The van der Waals surface area contributed by atoms with E-state index >= 15 is 0 Å². The monoisotopic (exact) mass is 329 g/mol. The first-order valence-corrected chi connectivity index (χ1v) is 7.53. The number of aromatic nitrogens is 2. The van der Waals surface area contributed by atoms with Gasteiger partial charge in [-0.2, -0.15) is 0 Å². The van der Waals surface area contributed by atoms with Gasteiger partial charge in [-0.25, -0.2) is 14.4 Å². The molecule has 0 saturated heterocycles. The summed E-state index contributed by atoms with van der Waals surface area (Å²) < 4.78 is 18.1. The summed E-state index contributed by atoms with van der Waals surface area (Å²) in [4.78, 5) is 20.3. The molecule has 0 spiro atoms. The first-order chi connectivity index (χ1) is 11.6. The molecule has 1 N–H and O–H groups in total. The highest BCUT2D eigenvalue weighted by atomic mass is 19.1. The number of rotatable bonds is 4. The van der Waals surface area contributed by atoms with Gasteiger partial charge in [0.15, 0.2) is 6.61 Å². The molecule has 0 atom stereocenters. The zero-order valence-corrected chi connectivity index (χ0v) is 14.2. The third-order valence-corrected chi connectivity index (χ3v) is 2.71. The van der Waals surface area contributed by atoms with E-state index in [0.717, 1.165) is 0 Å². The van der Waals surface area contributed by atoms with Gasteiger partial charge in [-0.1, -0.05) is 19.8 Å². The molecule has 5 nitrogen and oxygen atoms in total. The SMILES string of the molecule is CC.CC#CCOc1cnc(C(=O)Nc2ccc(F)cc2)c(C)n1. The Morgan fingerprint density at radius 2 is 1.96 bits per heavy atom. The number of benzene rings is 1. The van der Waals surface area contributed by atoms with Crippen LogP contribution in [-0.2, 0) is 0 Å². The molecule has 0 radical (unpaired) electrons. The lowest BCUT2D eigenvalue weighted by Gasteiger charge is -2.08. The van der Waals surface area contributed by atoms with Crippen molar-refractivity contribution in [2.45, 2.75) is 27.7 Å². The molecule has 0 bridgehead atoms. The number of nitrogens with zero attached hydrogens (tertiary/aromatic N) is 2. The van der Waals surface area contributed by atoms with E-state index in [1.165, 1.54) is 30.5 Å². The van der Waals surface area contributed by atoms with Crippen LogP contribution in [0.15, 0.2) is 30.5 Å². The summed E-state index contributed by atoms with van der Waals surface area (Å²) in [6.45, 7) is 7.58. The minimum atomic E-state index is -0.420. The van der Waals surface area contributed by atoms with Crippen LogP contribution >= 0.6 is 0 Å². The van der Waals surface area contributed by atoms with Gasteiger partial charge in [0, 0.05) is 5.69 Å². The molecule has 6 heteroatoms. The maximum absolute atomic E-state index is 12.8. The molecule has 0 aliphatic carbocycles. The van der Waals surface area contributed by atoms with Crippen molar-refractivity contribution < 1.29 is 13.9 Å². The molecule has 0 aliphatic heterocycles. The quantitative estimate of drug-likeness (QED) is 0.871. The number of hydrogen-bond donors (Lipinski definition) is 1. The average Bonchev–Trinajstić information content (AvgIpc) is 2.59. The van der Waals surface area contributed by atoms with Crippen LogP contribution in [0.2, 0.25) is 0 Å². The van der Waals surface area contributed by atoms with Crippen molar-refractivity contribution in [2.24, 2.45) is 0 Å². The Balaban J connectivity index is 0.00000139. The summed E-state index contributed by atoms with van der Waals surface area (Å²) in [5, 5.41) is 2.63. The number of carbonyl (C=O) groups is 1. The summed E-state index contributed by atoms with van der Waals surface area (Å²) in [5.74, 6) is 4.95. The van der Waals surface area contributed by atoms with Crippen LogP contribution in [-0.4, -0.2) is 22.5 Å². The summed E-state index contributed by atoms with van der Waals surface area (Å²) in [6, 6.07) is 5.47. The van der Waals surface area contributed by atoms with Crippen LogP contribution in [0.3, 0.4) is 0 Å². The summed E-state index contributed by atoms with van der Waals surface area (Å²) in [5.41, 5.74) is 1.09. The lowest BCUT2D eigenvalue weighted by molar-refractivity contribution is 0.102. The molecule has 0 saturated carbocycles. The molecule has 2 rings (SSSR count). The van der Waals surface area contributed by atoms with Crippen molar-refractivity contribution in [3.8, 4) is 17.7 Å². The maximum Gasteiger partial charge on any atom is 0.276 e. The Kier molecular flexibility index (Phi) is 7.92. The van der Waals surface area contributed by atoms with E-state index in [9.17, 15) is 9.18 Å². The van der Waals surface area contributed by atoms with E-state index in [2.05, 4.69) is 27.1 Å². The van der Waals surface area contributed by atoms with Gasteiger partial charge in [-0.15, -0.1) is 5.92 Å². The van der Waals surface area contributed by atoms with Crippen LogP contribution in [0.1, 0.15) is 37.0 Å². The van der Waals surface area contributed by atoms with Gasteiger partial charge in [-0.05, 0) is 38.1 Å². The van der Waals surface area contributed by atoms with Gasteiger partial charge in [0.05, 0.1) is 11.9 Å². The van der Waals surface area contributed by atoms with E-state index in [0.29, 0.717) is 17.3 Å². The van der Waals surface area contributed by atoms with Crippen molar-refractivity contribution in [2.75, 3.05) is 11.9 Å². The van der Waals surface area contributed by atoms with Gasteiger partial charge in [0.25, 0.3) is 5.91 Å². The largest absolute Gasteiger partial charge is 0.463 e. The van der Waals surface area contributed by atoms with Gasteiger partial charge in [0.2, 0.25) is 5.88 Å². The van der Waals surface area contributed by atoms with Gasteiger partial charge >= 0.3 is 0 Å². The Bertz CT molecular complexity index is 734. The minimum absolute atomic E-state index is 0.179. The fourth-order valence-electron chi connectivity index (χ4n) is 1.66. The maximum atomic E-state index is 12.8. The second-order valence-corrected chi connectivity index (χ2v) is 4.32. The summed E-state index contributed by atoms with van der Waals surface area (Å²) in [7, 11) is 0. The van der Waals surface area contributed by atoms with Crippen LogP contribution in [0.5, 0.6) is 5.88 Å². The molecule has 0 fully saturated rings. The molecular formula is C18H20FN3O2.